The molecule has 14 heavy (non-hydrogen) atoms. The predicted octanol–water partition coefficient (Wildman–Crippen LogP) is 2.27. The Bertz CT molecular complexity index is 325. The first-order chi connectivity index (χ1) is 6.68. The van der Waals surface area contributed by atoms with E-state index in [2.05, 4.69) is 0 Å². The third kappa shape index (κ3) is 1.52. The molecule has 1 saturated heterocycles. The fraction of sp³-hybridized carbons (Fsp3) is 0.400. The second-order valence-electron chi connectivity index (χ2n) is 3.45. The van der Waals surface area contributed by atoms with Crippen LogP contribution in [0, 0.1) is 11.6 Å². The van der Waals surface area contributed by atoms with Gasteiger partial charge in [-0.25, -0.2) is 4.39 Å². The van der Waals surface area contributed by atoms with Crippen molar-refractivity contribution in [1.29, 1.82) is 0 Å². The van der Waals surface area contributed by atoms with Gasteiger partial charge in [-0.05, 0) is 12.8 Å². The molecule has 0 unspecified atom stereocenters. The first-order valence-corrected chi connectivity index (χ1v) is 4.61. The van der Waals surface area contributed by atoms with E-state index in [0.717, 1.165) is 32.0 Å². The maximum absolute atomic E-state index is 12.9. The molecule has 1 heterocycles. The van der Waals surface area contributed by atoms with E-state index in [-0.39, 0.29) is 0 Å². The Kier molecular flexibility index (Phi) is 2.27. The van der Waals surface area contributed by atoms with E-state index in [0.29, 0.717) is 5.69 Å². The summed E-state index contributed by atoms with van der Waals surface area (Å²) in [6.45, 7) is 1.68. The molecule has 0 spiro atoms. The van der Waals surface area contributed by atoms with Gasteiger partial charge in [0.05, 0.1) is 0 Å². The van der Waals surface area contributed by atoms with Crippen LogP contribution in [0.2, 0.25) is 0 Å². The number of rotatable bonds is 1. The lowest BCUT2D eigenvalue weighted by Crippen LogP contribution is -2.17. The van der Waals surface area contributed by atoms with Crippen molar-refractivity contribution < 1.29 is 13.9 Å². The maximum atomic E-state index is 12.9. The number of hydrogen-bond acceptors (Lipinski definition) is 2. The summed E-state index contributed by atoms with van der Waals surface area (Å²) in [6.07, 6.45) is 2.11. The number of halogens is 2. The van der Waals surface area contributed by atoms with Crippen LogP contribution in [-0.2, 0) is 0 Å². The zero-order valence-electron chi connectivity index (χ0n) is 7.63. The Hall–Kier alpha value is -1.32. The lowest BCUT2D eigenvalue weighted by Gasteiger charge is -2.17. The van der Waals surface area contributed by atoms with Gasteiger partial charge in [-0.2, -0.15) is 4.39 Å². The third-order valence-electron chi connectivity index (χ3n) is 2.46. The number of phenols is 1. The van der Waals surface area contributed by atoms with Gasteiger partial charge in [0.1, 0.15) is 0 Å². The molecule has 0 amide bonds. The van der Waals surface area contributed by atoms with Crippen LogP contribution in [0.25, 0.3) is 0 Å². The number of anilines is 1. The largest absolute Gasteiger partial charge is 0.505 e. The standard InChI is InChI=1S/C10H11F2NO/c11-8-5-7(6-9(14)10(8)12)13-3-1-2-4-13/h5-6,14H,1-4H2. The second-order valence-corrected chi connectivity index (χ2v) is 3.45. The van der Waals surface area contributed by atoms with E-state index in [4.69, 9.17) is 5.11 Å². The molecule has 1 aliphatic heterocycles. The molecule has 0 radical (unpaired) electrons. The van der Waals surface area contributed by atoms with Gasteiger partial charge in [0, 0.05) is 30.9 Å². The lowest BCUT2D eigenvalue weighted by molar-refractivity contribution is 0.407. The monoisotopic (exact) mass is 199 g/mol. The zero-order chi connectivity index (χ0) is 10.1. The van der Waals surface area contributed by atoms with Crippen molar-refractivity contribution in [2.75, 3.05) is 18.0 Å². The van der Waals surface area contributed by atoms with Crippen molar-refractivity contribution in [3.63, 3.8) is 0 Å². The lowest BCUT2D eigenvalue weighted by atomic mass is 10.2. The minimum absolute atomic E-state index is 0.555. The molecule has 2 rings (SSSR count). The van der Waals surface area contributed by atoms with Crippen LogP contribution in [0.3, 0.4) is 0 Å². The molecular formula is C10H11F2NO. The van der Waals surface area contributed by atoms with Crippen LogP contribution in [0.1, 0.15) is 12.8 Å². The topological polar surface area (TPSA) is 23.5 Å². The van der Waals surface area contributed by atoms with Gasteiger partial charge in [-0.15, -0.1) is 0 Å². The quantitative estimate of drug-likeness (QED) is 0.750. The zero-order valence-corrected chi connectivity index (χ0v) is 7.63. The van der Waals surface area contributed by atoms with Crippen molar-refractivity contribution >= 4 is 5.69 Å². The summed E-state index contributed by atoms with van der Waals surface area (Å²) in [5, 5.41) is 9.10. The van der Waals surface area contributed by atoms with Crippen LogP contribution < -0.4 is 4.90 Å². The van der Waals surface area contributed by atoms with Crippen LogP contribution >= 0.6 is 0 Å². The van der Waals surface area contributed by atoms with Crippen LogP contribution in [0.4, 0.5) is 14.5 Å². The fourth-order valence-corrected chi connectivity index (χ4v) is 1.72. The average molecular weight is 199 g/mol. The molecule has 0 saturated carbocycles. The SMILES string of the molecule is Oc1cc(N2CCCC2)cc(F)c1F. The summed E-state index contributed by atoms with van der Waals surface area (Å²) in [7, 11) is 0. The highest BCUT2D eigenvalue weighted by atomic mass is 19.2. The molecule has 0 bridgehead atoms. The fourth-order valence-electron chi connectivity index (χ4n) is 1.72. The number of benzene rings is 1. The van der Waals surface area contributed by atoms with Gasteiger partial charge in [0.15, 0.2) is 17.4 Å². The normalized spacial score (nSPS) is 16.3. The Labute approximate surface area is 80.8 Å². The summed E-state index contributed by atoms with van der Waals surface area (Å²) >= 11 is 0. The van der Waals surface area contributed by atoms with Crippen LogP contribution in [-0.4, -0.2) is 18.2 Å². The van der Waals surface area contributed by atoms with E-state index < -0.39 is 17.4 Å². The van der Waals surface area contributed by atoms with E-state index in [1.807, 2.05) is 4.90 Å². The Morgan fingerprint density at radius 2 is 1.79 bits per heavy atom. The maximum Gasteiger partial charge on any atom is 0.200 e. The molecule has 1 aromatic carbocycles. The molecule has 4 heteroatoms. The molecule has 1 fully saturated rings. The molecule has 2 nitrogen and oxygen atoms in total. The summed E-state index contributed by atoms with van der Waals surface area (Å²) in [6, 6.07) is 2.39. The van der Waals surface area contributed by atoms with Gasteiger partial charge in [0.2, 0.25) is 0 Å². The van der Waals surface area contributed by atoms with E-state index >= 15 is 0 Å². The number of hydrogen-bond donors (Lipinski definition) is 1. The highest BCUT2D eigenvalue weighted by Gasteiger charge is 2.16. The van der Waals surface area contributed by atoms with Gasteiger partial charge in [-0.1, -0.05) is 0 Å². The highest BCUT2D eigenvalue weighted by molar-refractivity contribution is 5.51. The van der Waals surface area contributed by atoms with Crippen LogP contribution in [0.15, 0.2) is 12.1 Å². The summed E-state index contributed by atoms with van der Waals surface area (Å²) < 4.78 is 25.7. The van der Waals surface area contributed by atoms with Gasteiger partial charge in [-0.3, -0.25) is 0 Å². The van der Waals surface area contributed by atoms with E-state index in [9.17, 15) is 8.78 Å². The Morgan fingerprint density at radius 3 is 2.36 bits per heavy atom. The smallest absolute Gasteiger partial charge is 0.200 e. The molecule has 1 aliphatic rings. The Morgan fingerprint density at radius 1 is 1.14 bits per heavy atom. The van der Waals surface area contributed by atoms with Crippen molar-refractivity contribution in [3.05, 3.63) is 23.8 Å². The molecular weight excluding hydrogens is 188 g/mol. The first-order valence-electron chi connectivity index (χ1n) is 4.61. The van der Waals surface area contributed by atoms with Crippen molar-refractivity contribution in [2.24, 2.45) is 0 Å². The first kappa shape index (κ1) is 9.24. The van der Waals surface area contributed by atoms with Gasteiger partial charge in [0.25, 0.3) is 0 Å². The molecule has 0 aromatic heterocycles. The Balaban J connectivity index is 2.34. The molecule has 1 aromatic rings. The van der Waals surface area contributed by atoms with Crippen LogP contribution in [0.5, 0.6) is 5.75 Å². The number of aromatic hydroxyl groups is 1. The summed E-state index contributed by atoms with van der Waals surface area (Å²) in [5.41, 5.74) is 0.555. The second kappa shape index (κ2) is 3.44. The molecule has 76 valence electrons. The van der Waals surface area contributed by atoms with E-state index in [1.165, 1.54) is 6.07 Å². The van der Waals surface area contributed by atoms with Crippen molar-refractivity contribution in [2.45, 2.75) is 12.8 Å². The average Bonchev–Trinajstić information content (AvgIpc) is 2.66. The minimum atomic E-state index is -1.17. The van der Waals surface area contributed by atoms with E-state index in [1.54, 1.807) is 0 Å². The van der Waals surface area contributed by atoms with Crippen molar-refractivity contribution in [1.82, 2.24) is 0 Å². The highest BCUT2D eigenvalue weighted by Crippen LogP contribution is 2.28. The predicted molar refractivity (Wildman–Crippen MR) is 49.5 cm³/mol. The molecule has 0 aliphatic carbocycles. The van der Waals surface area contributed by atoms with Gasteiger partial charge >= 0.3 is 0 Å². The summed E-state index contributed by atoms with van der Waals surface area (Å²) in [4.78, 5) is 1.93. The van der Waals surface area contributed by atoms with Crippen molar-refractivity contribution in [3.8, 4) is 5.75 Å². The third-order valence-corrected chi connectivity index (χ3v) is 2.46. The van der Waals surface area contributed by atoms with Gasteiger partial charge < -0.3 is 10.0 Å². The minimum Gasteiger partial charge on any atom is -0.505 e. The molecule has 0 atom stereocenters. The molecule has 1 N–H and O–H groups in total. The number of nitrogens with zero attached hydrogens (tertiary/aromatic N) is 1. The number of phenolic OH excluding ortho intramolecular Hbond substituents is 1. The summed E-state index contributed by atoms with van der Waals surface area (Å²) in [5.74, 6) is -2.79.